The Kier molecular flexibility index (Phi) is 3.36. The lowest BCUT2D eigenvalue weighted by atomic mass is 10.1. The van der Waals surface area contributed by atoms with E-state index < -0.39 is 0 Å². The minimum Gasteiger partial charge on any atom is -0.239 e. The van der Waals surface area contributed by atoms with Gasteiger partial charge in [-0.15, -0.1) is 0 Å². The molecule has 0 unspecified atom stereocenters. The van der Waals surface area contributed by atoms with E-state index in [-0.39, 0.29) is 0 Å². The summed E-state index contributed by atoms with van der Waals surface area (Å²) in [6.45, 7) is 0. The van der Waals surface area contributed by atoms with Gasteiger partial charge in [0.1, 0.15) is 5.69 Å². The van der Waals surface area contributed by atoms with Gasteiger partial charge in [-0.25, -0.2) is 4.68 Å². The highest BCUT2D eigenvalue weighted by Gasteiger charge is 2.09. The van der Waals surface area contributed by atoms with Crippen molar-refractivity contribution in [2.45, 2.75) is 0 Å². The lowest BCUT2D eigenvalue weighted by Crippen LogP contribution is -1.94. The number of benzene rings is 2. The summed E-state index contributed by atoms with van der Waals surface area (Å²) in [5, 5.41) is 13.4. The molecule has 0 atom stereocenters. The molecule has 2 aromatic carbocycles. The highest BCUT2D eigenvalue weighted by molar-refractivity contribution is 9.10. The van der Waals surface area contributed by atoms with Gasteiger partial charge >= 0.3 is 0 Å². The molecule has 1 aromatic heterocycles. The van der Waals surface area contributed by atoms with Crippen molar-refractivity contribution in [2.24, 2.45) is 0 Å². The van der Waals surface area contributed by atoms with E-state index in [4.69, 9.17) is 5.26 Å². The Morgan fingerprint density at radius 3 is 2.35 bits per heavy atom. The van der Waals surface area contributed by atoms with E-state index in [1.807, 2.05) is 53.3 Å². The number of nitriles is 1. The minimum atomic E-state index is 0.646. The summed E-state index contributed by atoms with van der Waals surface area (Å²) in [5.74, 6) is 0. The number of halogens is 1. The molecule has 0 saturated heterocycles. The van der Waals surface area contributed by atoms with E-state index in [9.17, 15) is 0 Å². The van der Waals surface area contributed by atoms with E-state index in [0.29, 0.717) is 5.56 Å². The van der Waals surface area contributed by atoms with Crippen LogP contribution in [0.4, 0.5) is 0 Å². The van der Waals surface area contributed by atoms with E-state index in [0.717, 1.165) is 21.4 Å². The Labute approximate surface area is 125 Å². The lowest BCUT2D eigenvalue weighted by Gasteiger charge is -2.00. The zero-order valence-electron chi connectivity index (χ0n) is 10.5. The smallest absolute Gasteiger partial charge is 0.107 e. The van der Waals surface area contributed by atoms with E-state index in [2.05, 4.69) is 27.1 Å². The fourth-order valence-corrected chi connectivity index (χ4v) is 2.47. The molecule has 20 heavy (non-hydrogen) atoms. The largest absolute Gasteiger partial charge is 0.239 e. The van der Waals surface area contributed by atoms with Crippen LogP contribution in [0.5, 0.6) is 0 Å². The van der Waals surface area contributed by atoms with Gasteiger partial charge < -0.3 is 0 Å². The molecular weight excluding hydrogens is 314 g/mol. The van der Waals surface area contributed by atoms with Gasteiger partial charge in [0.2, 0.25) is 0 Å². The third-order valence-corrected chi connectivity index (χ3v) is 3.56. The molecule has 0 amide bonds. The second-order valence-electron chi connectivity index (χ2n) is 4.29. The fraction of sp³-hybridized carbons (Fsp3) is 0. The molecule has 3 rings (SSSR count). The molecule has 0 fully saturated rings. The zero-order valence-corrected chi connectivity index (χ0v) is 12.1. The SMILES string of the molecule is N#Cc1ccc(-c2nn(-c3ccccc3)cc2Br)cc1. The summed E-state index contributed by atoms with van der Waals surface area (Å²) in [5.41, 5.74) is 3.49. The van der Waals surface area contributed by atoms with E-state index in [1.54, 1.807) is 12.1 Å². The number of nitrogens with zero attached hydrogens (tertiary/aromatic N) is 3. The number of hydrogen-bond donors (Lipinski definition) is 0. The van der Waals surface area contributed by atoms with Gasteiger partial charge in [-0.1, -0.05) is 30.3 Å². The van der Waals surface area contributed by atoms with Gasteiger partial charge in [-0.2, -0.15) is 10.4 Å². The topological polar surface area (TPSA) is 41.6 Å². The predicted molar refractivity (Wildman–Crippen MR) is 81.4 cm³/mol. The molecule has 0 spiro atoms. The fourth-order valence-electron chi connectivity index (χ4n) is 1.96. The Balaban J connectivity index is 2.03. The van der Waals surface area contributed by atoms with Crippen molar-refractivity contribution in [3.63, 3.8) is 0 Å². The van der Waals surface area contributed by atoms with Gasteiger partial charge in [0.25, 0.3) is 0 Å². The molecule has 3 nitrogen and oxygen atoms in total. The van der Waals surface area contributed by atoms with Crippen LogP contribution in [0.1, 0.15) is 5.56 Å². The maximum absolute atomic E-state index is 8.83. The average molecular weight is 324 g/mol. The Bertz CT molecular complexity index is 768. The van der Waals surface area contributed by atoms with Crippen molar-refractivity contribution in [1.82, 2.24) is 9.78 Å². The quantitative estimate of drug-likeness (QED) is 0.710. The van der Waals surface area contributed by atoms with Crippen LogP contribution in [-0.4, -0.2) is 9.78 Å². The molecule has 0 N–H and O–H groups in total. The van der Waals surface area contributed by atoms with Crippen LogP contribution in [0.15, 0.2) is 65.3 Å². The molecule has 4 heteroatoms. The van der Waals surface area contributed by atoms with Crippen LogP contribution in [0.2, 0.25) is 0 Å². The Hall–Kier alpha value is -2.38. The van der Waals surface area contributed by atoms with Gasteiger partial charge in [0.05, 0.1) is 21.8 Å². The predicted octanol–water partition coefficient (Wildman–Crippen LogP) is 4.17. The molecule has 0 saturated carbocycles. The van der Waals surface area contributed by atoms with Gasteiger partial charge in [0.15, 0.2) is 0 Å². The number of hydrogen-bond acceptors (Lipinski definition) is 2. The zero-order chi connectivity index (χ0) is 13.9. The summed E-state index contributed by atoms with van der Waals surface area (Å²) < 4.78 is 2.75. The van der Waals surface area contributed by atoms with Gasteiger partial charge in [0, 0.05) is 11.8 Å². The summed E-state index contributed by atoms with van der Waals surface area (Å²) in [6.07, 6.45) is 1.93. The van der Waals surface area contributed by atoms with Crippen molar-refractivity contribution in [3.8, 4) is 23.0 Å². The normalized spacial score (nSPS) is 10.2. The van der Waals surface area contributed by atoms with Crippen molar-refractivity contribution in [1.29, 1.82) is 5.26 Å². The van der Waals surface area contributed by atoms with E-state index in [1.165, 1.54) is 0 Å². The number of aromatic nitrogens is 2. The van der Waals surface area contributed by atoms with Crippen molar-refractivity contribution in [2.75, 3.05) is 0 Å². The molecule has 1 heterocycles. The molecule has 0 aliphatic carbocycles. The molecule has 0 radical (unpaired) electrons. The molecule has 0 aliphatic heterocycles. The molecule has 0 aliphatic rings. The summed E-state index contributed by atoms with van der Waals surface area (Å²) in [6, 6.07) is 19.4. The standard InChI is InChI=1S/C16H10BrN3/c17-15-11-20(14-4-2-1-3-5-14)19-16(15)13-8-6-12(10-18)7-9-13/h1-9,11H. The van der Waals surface area contributed by atoms with Crippen LogP contribution in [0.25, 0.3) is 16.9 Å². The Morgan fingerprint density at radius 1 is 1.00 bits per heavy atom. The van der Waals surface area contributed by atoms with Gasteiger partial charge in [-0.05, 0) is 40.2 Å². The average Bonchev–Trinajstić information content (AvgIpc) is 2.90. The number of para-hydroxylation sites is 1. The maximum atomic E-state index is 8.83. The first kappa shape index (κ1) is 12.6. The van der Waals surface area contributed by atoms with Crippen LogP contribution in [-0.2, 0) is 0 Å². The first-order valence-corrected chi connectivity index (χ1v) is 6.88. The van der Waals surface area contributed by atoms with Crippen molar-refractivity contribution in [3.05, 3.63) is 70.8 Å². The molecular formula is C16H10BrN3. The number of rotatable bonds is 2. The minimum absolute atomic E-state index is 0.646. The summed E-state index contributed by atoms with van der Waals surface area (Å²) in [7, 11) is 0. The molecule has 3 aromatic rings. The Morgan fingerprint density at radius 2 is 1.70 bits per heavy atom. The first-order valence-electron chi connectivity index (χ1n) is 6.09. The highest BCUT2D eigenvalue weighted by atomic mass is 79.9. The first-order chi connectivity index (χ1) is 9.78. The second kappa shape index (κ2) is 5.32. The van der Waals surface area contributed by atoms with Gasteiger partial charge in [-0.3, -0.25) is 0 Å². The van der Waals surface area contributed by atoms with Crippen LogP contribution < -0.4 is 0 Å². The highest BCUT2D eigenvalue weighted by Crippen LogP contribution is 2.28. The monoisotopic (exact) mass is 323 g/mol. The third-order valence-electron chi connectivity index (χ3n) is 2.98. The van der Waals surface area contributed by atoms with Crippen LogP contribution in [0, 0.1) is 11.3 Å². The third kappa shape index (κ3) is 2.36. The van der Waals surface area contributed by atoms with Crippen molar-refractivity contribution < 1.29 is 0 Å². The van der Waals surface area contributed by atoms with Crippen LogP contribution in [0.3, 0.4) is 0 Å². The maximum Gasteiger partial charge on any atom is 0.107 e. The molecule has 0 bridgehead atoms. The lowest BCUT2D eigenvalue weighted by molar-refractivity contribution is 0.884. The summed E-state index contributed by atoms with van der Waals surface area (Å²) >= 11 is 3.54. The van der Waals surface area contributed by atoms with Crippen molar-refractivity contribution >= 4 is 15.9 Å². The summed E-state index contributed by atoms with van der Waals surface area (Å²) in [4.78, 5) is 0. The second-order valence-corrected chi connectivity index (χ2v) is 5.15. The van der Waals surface area contributed by atoms with Crippen LogP contribution >= 0.6 is 15.9 Å². The van der Waals surface area contributed by atoms with E-state index >= 15 is 0 Å². The molecule has 96 valence electrons.